The van der Waals surface area contributed by atoms with Crippen molar-refractivity contribution in [2.75, 3.05) is 6.54 Å². The van der Waals surface area contributed by atoms with Crippen LogP contribution < -0.4 is 11.1 Å². The van der Waals surface area contributed by atoms with Gasteiger partial charge in [0.15, 0.2) is 0 Å². The minimum Gasteiger partial charge on any atom is -0.356 e. The maximum atomic E-state index is 10.4. The van der Waals surface area contributed by atoms with Crippen LogP contribution in [0.1, 0.15) is 19.8 Å². The van der Waals surface area contributed by atoms with Gasteiger partial charge in [-0.2, -0.15) is 0 Å². The maximum Gasteiger partial charge on any atom is 0.216 e. The average Bonchev–Trinajstić information content (AvgIpc) is 1.97. The summed E-state index contributed by atoms with van der Waals surface area (Å²) < 4.78 is 0. The second-order valence-corrected chi connectivity index (χ2v) is 2.40. The van der Waals surface area contributed by atoms with Crippen molar-refractivity contribution in [3.63, 3.8) is 0 Å². The van der Waals surface area contributed by atoms with Crippen LogP contribution in [0.25, 0.3) is 0 Å². The quantitative estimate of drug-likeness (QED) is 0.548. The molecule has 0 aromatic carbocycles. The zero-order valence-electron chi connectivity index (χ0n) is 7.17. The van der Waals surface area contributed by atoms with Gasteiger partial charge in [0.25, 0.3) is 0 Å². The molecule has 3 nitrogen and oxygen atoms in total. The van der Waals surface area contributed by atoms with Crippen LogP contribution in [-0.4, -0.2) is 18.5 Å². The highest BCUT2D eigenvalue weighted by Crippen LogP contribution is 1.90. The lowest BCUT2D eigenvalue weighted by molar-refractivity contribution is -0.118. The Labute approximate surface area is 83.9 Å². The number of hydrogen-bond donors (Lipinski definition) is 2. The van der Waals surface area contributed by atoms with Gasteiger partial charge in [-0.05, 0) is 12.8 Å². The third-order valence-corrected chi connectivity index (χ3v) is 1.28. The van der Waals surface area contributed by atoms with E-state index in [0.29, 0.717) is 6.54 Å². The molecule has 4 heteroatoms. The second kappa shape index (κ2) is 8.57. The van der Waals surface area contributed by atoms with Gasteiger partial charge in [0.2, 0.25) is 5.91 Å². The van der Waals surface area contributed by atoms with E-state index in [4.69, 9.17) is 12.2 Å². The fourth-order valence-corrected chi connectivity index (χ4v) is 0.670. The average molecular weight is 235 g/mol. The molecule has 12 heavy (non-hydrogen) atoms. The first-order valence-electron chi connectivity index (χ1n) is 3.63. The summed E-state index contributed by atoms with van der Waals surface area (Å²) >= 11 is 0. The van der Waals surface area contributed by atoms with E-state index in [1.165, 1.54) is 6.92 Å². The first-order valence-corrected chi connectivity index (χ1v) is 3.63. The molecule has 0 aliphatic carbocycles. The van der Waals surface area contributed by atoms with Gasteiger partial charge in [-0.15, -0.1) is 23.4 Å². The van der Waals surface area contributed by atoms with Crippen molar-refractivity contribution in [1.82, 2.24) is 5.32 Å². The van der Waals surface area contributed by atoms with E-state index in [-0.39, 0.29) is 28.9 Å². The Morgan fingerprint density at radius 1 is 1.75 bits per heavy atom. The zero-order valence-corrected chi connectivity index (χ0v) is 8.88. The number of hydrogen-bond acceptors (Lipinski definition) is 2. The molecule has 0 aliphatic heterocycles. The van der Waals surface area contributed by atoms with Crippen LogP contribution in [0, 0.1) is 12.3 Å². The van der Waals surface area contributed by atoms with Gasteiger partial charge < -0.3 is 11.1 Å². The molecule has 3 N–H and O–H groups in total. The Hall–Kier alpha value is -0.530. The van der Waals surface area contributed by atoms with E-state index in [1.54, 1.807) is 0 Å². The molecular formula is C8H15BrN2O. The van der Waals surface area contributed by atoms with Crippen molar-refractivity contribution in [1.29, 1.82) is 0 Å². The summed E-state index contributed by atoms with van der Waals surface area (Å²) in [6.45, 7) is 2.14. The summed E-state index contributed by atoms with van der Waals surface area (Å²) in [6.07, 6.45) is 6.65. The highest BCUT2D eigenvalue weighted by molar-refractivity contribution is 8.93. The third-order valence-electron chi connectivity index (χ3n) is 1.28. The van der Waals surface area contributed by atoms with Crippen molar-refractivity contribution in [2.24, 2.45) is 5.73 Å². The fourth-order valence-electron chi connectivity index (χ4n) is 0.670. The number of amides is 1. The van der Waals surface area contributed by atoms with Gasteiger partial charge in [0, 0.05) is 13.5 Å². The van der Waals surface area contributed by atoms with Crippen LogP contribution in [0.15, 0.2) is 0 Å². The lowest BCUT2D eigenvalue weighted by atomic mass is 10.2. The highest BCUT2D eigenvalue weighted by atomic mass is 79.9. The number of nitrogens with two attached hydrogens (primary N) is 1. The van der Waals surface area contributed by atoms with Gasteiger partial charge in [-0.1, -0.05) is 5.92 Å². The monoisotopic (exact) mass is 234 g/mol. The van der Waals surface area contributed by atoms with E-state index >= 15 is 0 Å². The Morgan fingerprint density at radius 3 is 2.75 bits per heavy atom. The second-order valence-electron chi connectivity index (χ2n) is 2.40. The minimum atomic E-state index is -0.177. The van der Waals surface area contributed by atoms with Crippen LogP contribution >= 0.6 is 17.0 Å². The summed E-state index contributed by atoms with van der Waals surface area (Å²) in [5.41, 5.74) is 5.44. The third kappa shape index (κ3) is 9.47. The molecule has 0 spiro atoms. The number of halogens is 1. The van der Waals surface area contributed by atoms with Crippen LogP contribution in [0.4, 0.5) is 0 Å². The molecule has 0 aliphatic rings. The molecule has 0 saturated carbocycles. The molecule has 1 atom stereocenters. The van der Waals surface area contributed by atoms with Crippen LogP contribution in [0.3, 0.4) is 0 Å². The lowest BCUT2D eigenvalue weighted by Crippen LogP contribution is -2.24. The standard InChI is InChI=1S/C8H14N2O.BrH/c1-3-8(9)5-4-6-10-7(2)11;/h1,8H,4-6,9H2,2H3,(H,10,11);1H. The van der Waals surface area contributed by atoms with Crippen molar-refractivity contribution < 1.29 is 4.79 Å². The zero-order chi connectivity index (χ0) is 8.69. The van der Waals surface area contributed by atoms with Gasteiger partial charge in [0.05, 0.1) is 6.04 Å². The first kappa shape index (κ1) is 14.0. The predicted octanol–water partition coefficient (Wildman–Crippen LogP) is 0.441. The molecular weight excluding hydrogens is 220 g/mol. The maximum absolute atomic E-state index is 10.4. The number of terminal acetylenes is 1. The summed E-state index contributed by atoms with van der Waals surface area (Å²) in [5.74, 6) is 2.40. The largest absolute Gasteiger partial charge is 0.356 e. The lowest BCUT2D eigenvalue weighted by Gasteiger charge is -2.03. The molecule has 0 heterocycles. The Bertz CT molecular complexity index is 165. The molecule has 0 aromatic rings. The summed E-state index contributed by atoms with van der Waals surface area (Å²) in [4.78, 5) is 10.4. The Morgan fingerprint density at radius 2 is 2.33 bits per heavy atom. The predicted molar refractivity (Wildman–Crippen MR) is 55.0 cm³/mol. The van der Waals surface area contributed by atoms with Gasteiger partial charge in [-0.25, -0.2) is 0 Å². The van der Waals surface area contributed by atoms with E-state index in [0.717, 1.165) is 12.8 Å². The van der Waals surface area contributed by atoms with E-state index in [1.807, 2.05) is 0 Å². The number of carbonyl (C=O) groups excluding carboxylic acids is 1. The van der Waals surface area contributed by atoms with Crippen molar-refractivity contribution in [2.45, 2.75) is 25.8 Å². The van der Waals surface area contributed by atoms with Crippen LogP contribution in [0.5, 0.6) is 0 Å². The van der Waals surface area contributed by atoms with Crippen molar-refractivity contribution in [3.05, 3.63) is 0 Å². The smallest absolute Gasteiger partial charge is 0.216 e. The molecule has 0 rings (SSSR count). The van der Waals surface area contributed by atoms with Crippen LogP contribution in [0.2, 0.25) is 0 Å². The highest BCUT2D eigenvalue weighted by Gasteiger charge is 1.96. The number of nitrogens with one attached hydrogen (secondary N) is 1. The molecule has 0 fully saturated rings. The summed E-state index contributed by atoms with van der Waals surface area (Å²) in [6, 6.07) is -0.177. The van der Waals surface area contributed by atoms with Crippen molar-refractivity contribution in [3.8, 4) is 12.3 Å². The van der Waals surface area contributed by atoms with Crippen LogP contribution in [-0.2, 0) is 4.79 Å². The van der Waals surface area contributed by atoms with E-state index in [2.05, 4.69) is 11.2 Å². The number of carbonyl (C=O) groups is 1. The van der Waals surface area contributed by atoms with E-state index < -0.39 is 0 Å². The first-order chi connectivity index (χ1) is 5.16. The molecule has 1 unspecified atom stereocenters. The molecule has 70 valence electrons. The molecule has 0 saturated heterocycles. The van der Waals surface area contributed by atoms with E-state index in [9.17, 15) is 4.79 Å². The van der Waals surface area contributed by atoms with Gasteiger partial charge in [0.1, 0.15) is 0 Å². The minimum absolute atomic E-state index is 0. The van der Waals surface area contributed by atoms with Crippen molar-refractivity contribution >= 4 is 22.9 Å². The Kier molecular flexibility index (Phi) is 10.0. The van der Waals surface area contributed by atoms with Gasteiger partial charge >= 0.3 is 0 Å². The molecule has 0 aromatic heterocycles. The fraction of sp³-hybridized carbons (Fsp3) is 0.625. The Balaban J connectivity index is 0. The summed E-state index contributed by atoms with van der Waals surface area (Å²) in [5, 5.41) is 2.66. The normalized spacial score (nSPS) is 10.8. The number of rotatable bonds is 4. The molecule has 0 radical (unpaired) electrons. The molecule has 1 amide bonds. The van der Waals surface area contributed by atoms with Gasteiger partial charge in [-0.3, -0.25) is 4.79 Å². The topological polar surface area (TPSA) is 55.1 Å². The SMILES string of the molecule is Br.C#CC(N)CCCNC(C)=O. The summed E-state index contributed by atoms with van der Waals surface area (Å²) in [7, 11) is 0. The molecule has 0 bridgehead atoms.